The molecule has 1 fully saturated rings. The van der Waals surface area contributed by atoms with Crippen molar-refractivity contribution < 1.29 is 14.6 Å². The van der Waals surface area contributed by atoms with Crippen LogP contribution in [0.4, 0.5) is 0 Å². The minimum Gasteiger partial charge on any atom is -0.508 e. The normalized spacial score (nSPS) is 15.3. The lowest BCUT2D eigenvalue weighted by Gasteiger charge is -2.31. The summed E-state index contributed by atoms with van der Waals surface area (Å²) in [7, 11) is 3.36. The van der Waals surface area contributed by atoms with E-state index in [2.05, 4.69) is 17.4 Å². The van der Waals surface area contributed by atoms with E-state index in [4.69, 9.17) is 9.47 Å². The van der Waals surface area contributed by atoms with E-state index in [9.17, 15) is 5.11 Å². The Labute approximate surface area is 161 Å². The molecule has 1 saturated carbocycles. The quantitative estimate of drug-likeness (QED) is 0.749. The molecule has 1 aliphatic rings. The third-order valence-corrected chi connectivity index (χ3v) is 5.29. The zero-order valence-corrected chi connectivity index (χ0v) is 16.3. The van der Waals surface area contributed by atoms with Crippen LogP contribution in [0, 0.1) is 0 Å². The number of hydrogen-bond acceptors (Lipinski definition) is 4. The zero-order valence-electron chi connectivity index (χ0n) is 15.5. The summed E-state index contributed by atoms with van der Waals surface area (Å²) in [5, 5.41) is 13.0. The lowest BCUT2D eigenvalue weighted by Crippen LogP contribution is -2.35. The first-order chi connectivity index (χ1) is 12.2. The summed E-state index contributed by atoms with van der Waals surface area (Å²) >= 11 is 0. The van der Waals surface area contributed by atoms with Gasteiger partial charge in [0.2, 0.25) is 0 Å². The van der Waals surface area contributed by atoms with Gasteiger partial charge in [0, 0.05) is 18.5 Å². The van der Waals surface area contributed by atoms with Crippen LogP contribution < -0.4 is 14.8 Å². The second kappa shape index (κ2) is 9.15. The maximum Gasteiger partial charge on any atom is 0.161 e. The molecule has 0 radical (unpaired) electrons. The Balaban J connectivity index is 0.00000243. The molecule has 2 aromatic rings. The van der Waals surface area contributed by atoms with Gasteiger partial charge in [-0.2, -0.15) is 0 Å². The molecule has 26 heavy (non-hydrogen) atoms. The van der Waals surface area contributed by atoms with Crippen LogP contribution in [0.3, 0.4) is 0 Å². The highest BCUT2D eigenvalue weighted by atomic mass is 35.5. The number of benzene rings is 2. The lowest BCUT2D eigenvalue weighted by atomic mass is 9.78. The first kappa shape index (κ1) is 20.4. The van der Waals surface area contributed by atoms with Crippen molar-refractivity contribution >= 4 is 12.4 Å². The zero-order chi connectivity index (χ0) is 17.7. The van der Waals surface area contributed by atoms with Crippen LogP contribution in [-0.2, 0) is 12.0 Å². The summed E-state index contributed by atoms with van der Waals surface area (Å²) in [6.45, 7) is 1.73. The minimum absolute atomic E-state index is 0. The third kappa shape index (κ3) is 4.43. The van der Waals surface area contributed by atoms with Crippen molar-refractivity contribution in [1.82, 2.24) is 5.32 Å². The van der Waals surface area contributed by atoms with E-state index >= 15 is 0 Å². The molecule has 0 amide bonds. The van der Waals surface area contributed by atoms with Crippen molar-refractivity contribution in [2.75, 3.05) is 20.8 Å². The van der Waals surface area contributed by atoms with Crippen molar-refractivity contribution in [3.05, 3.63) is 53.6 Å². The van der Waals surface area contributed by atoms with Crippen molar-refractivity contribution in [3.8, 4) is 17.2 Å². The Bertz CT molecular complexity index is 697. The Morgan fingerprint density at radius 1 is 0.962 bits per heavy atom. The fourth-order valence-electron chi connectivity index (χ4n) is 3.85. The molecule has 5 heteroatoms. The van der Waals surface area contributed by atoms with Crippen LogP contribution in [0.5, 0.6) is 17.2 Å². The van der Waals surface area contributed by atoms with E-state index in [-0.39, 0.29) is 17.8 Å². The topological polar surface area (TPSA) is 50.7 Å². The standard InChI is InChI=1S/C21H27NO3.ClH/c1-24-19-10-7-17(13-20(19)25-2)21(11-3-4-12-21)15-22-14-16-5-8-18(23)9-6-16;/h5-10,13,22-23H,3-4,11-12,14-15H2,1-2H3;1H. The van der Waals surface area contributed by atoms with Crippen molar-refractivity contribution in [2.45, 2.75) is 37.6 Å². The Morgan fingerprint density at radius 3 is 2.23 bits per heavy atom. The van der Waals surface area contributed by atoms with E-state index < -0.39 is 0 Å². The number of halogens is 1. The largest absolute Gasteiger partial charge is 0.508 e. The lowest BCUT2D eigenvalue weighted by molar-refractivity contribution is 0.350. The Kier molecular flexibility index (Phi) is 7.18. The van der Waals surface area contributed by atoms with Gasteiger partial charge in [0.25, 0.3) is 0 Å². The van der Waals surface area contributed by atoms with E-state index in [0.717, 1.165) is 24.6 Å². The van der Waals surface area contributed by atoms with Gasteiger partial charge in [-0.1, -0.05) is 31.0 Å². The maximum absolute atomic E-state index is 9.39. The van der Waals surface area contributed by atoms with Gasteiger partial charge in [0.1, 0.15) is 5.75 Å². The summed E-state index contributed by atoms with van der Waals surface area (Å²) in [4.78, 5) is 0. The fourth-order valence-corrected chi connectivity index (χ4v) is 3.85. The van der Waals surface area contributed by atoms with E-state index in [0.29, 0.717) is 5.75 Å². The monoisotopic (exact) mass is 377 g/mol. The molecule has 0 spiro atoms. The van der Waals surface area contributed by atoms with E-state index in [1.54, 1.807) is 26.4 Å². The van der Waals surface area contributed by atoms with Gasteiger partial charge in [-0.05, 0) is 48.2 Å². The molecule has 142 valence electrons. The number of phenolic OH excluding ortho intramolecular Hbond substituents is 1. The number of hydrogen-bond donors (Lipinski definition) is 2. The summed E-state index contributed by atoms with van der Waals surface area (Å²) in [6, 6.07) is 13.7. The molecule has 0 aromatic heterocycles. The van der Waals surface area contributed by atoms with Crippen LogP contribution in [0.25, 0.3) is 0 Å². The highest BCUT2D eigenvalue weighted by molar-refractivity contribution is 5.85. The van der Waals surface area contributed by atoms with Gasteiger partial charge in [-0.25, -0.2) is 0 Å². The summed E-state index contributed by atoms with van der Waals surface area (Å²) in [6.07, 6.45) is 4.89. The van der Waals surface area contributed by atoms with Crippen LogP contribution in [0.15, 0.2) is 42.5 Å². The summed E-state index contributed by atoms with van der Waals surface area (Å²) < 4.78 is 10.9. The smallest absolute Gasteiger partial charge is 0.161 e. The Hall–Kier alpha value is -1.91. The van der Waals surface area contributed by atoms with Crippen LogP contribution in [0.1, 0.15) is 36.8 Å². The molecule has 2 aromatic carbocycles. The molecule has 0 saturated heterocycles. The predicted octanol–water partition coefficient (Wildman–Crippen LogP) is 4.43. The first-order valence-corrected chi connectivity index (χ1v) is 8.88. The SMILES string of the molecule is COc1ccc(C2(CNCc3ccc(O)cc3)CCCC2)cc1OC.Cl. The highest BCUT2D eigenvalue weighted by Gasteiger charge is 2.35. The van der Waals surface area contributed by atoms with Gasteiger partial charge in [-0.3, -0.25) is 0 Å². The highest BCUT2D eigenvalue weighted by Crippen LogP contribution is 2.43. The second-order valence-corrected chi connectivity index (χ2v) is 6.83. The van der Waals surface area contributed by atoms with Crippen molar-refractivity contribution in [3.63, 3.8) is 0 Å². The molecule has 0 atom stereocenters. The minimum atomic E-state index is 0. The number of aromatic hydroxyl groups is 1. The van der Waals surface area contributed by atoms with Gasteiger partial charge < -0.3 is 19.9 Å². The van der Waals surface area contributed by atoms with Crippen LogP contribution >= 0.6 is 12.4 Å². The maximum atomic E-state index is 9.39. The van der Waals surface area contributed by atoms with E-state index in [1.807, 2.05) is 18.2 Å². The molecular weight excluding hydrogens is 350 g/mol. The Morgan fingerprint density at radius 2 is 1.62 bits per heavy atom. The average Bonchev–Trinajstić information content (AvgIpc) is 3.13. The predicted molar refractivity (Wildman–Crippen MR) is 107 cm³/mol. The summed E-state index contributed by atoms with van der Waals surface area (Å²) in [5.41, 5.74) is 2.65. The van der Waals surface area contributed by atoms with Gasteiger partial charge >= 0.3 is 0 Å². The van der Waals surface area contributed by atoms with Crippen molar-refractivity contribution in [2.24, 2.45) is 0 Å². The number of nitrogens with one attached hydrogen (secondary N) is 1. The van der Waals surface area contributed by atoms with Crippen LogP contribution in [-0.4, -0.2) is 25.9 Å². The van der Waals surface area contributed by atoms with Gasteiger partial charge in [-0.15, -0.1) is 12.4 Å². The van der Waals surface area contributed by atoms with E-state index in [1.165, 1.54) is 36.8 Å². The molecule has 4 nitrogen and oxygen atoms in total. The van der Waals surface area contributed by atoms with Crippen LogP contribution in [0.2, 0.25) is 0 Å². The molecule has 1 aliphatic carbocycles. The fraction of sp³-hybridized carbons (Fsp3) is 0.429. The molecule has 0 bridgehead atoms. The summed E-state index contributed by atoms with van der Waals surface area (Å²) in [5.74, 6) is 1.88. The number of methoxy groups -OCH3 is 2. The molecule has 2 N–H and O–H groups in total. The molecular formula is C21H28ClNO3. The molecule has 0 unspecified atom stereocenters. The molecule has 0 aliphatic heterocycles. The van der Waals surface area contributed by atoms with Gasteiger partial charge in [0.15, 0.2) is 11.5 Å². The molecule has 0 heterocycles. The first-order valence-electron chi connectivity index (χ1n) is 8.88. The van der Waals surface area contributed by atoms with Gasteiger partial charge in [0.05, 0.1) is 14.2 Å². The number of ether oxygens (including phenoxy) is 2. The number of phenols is 1. The van der Waals surface area contributed by atoms with Crippen molar-refractivity contribution in [1.29, 1.82) is 0 Å². The third-order valence-electron chi connectivity index (χ3n) is 5.29. The molecule has 3 rings (SSSR count). The second-order valence-electron chi connectivity index (χ2n) is 6.83. The average molecular weight is 378 g/mol. The number of rotatable bonds is 7.